The van der Waals surface area contributed by atoms with Gasteiger partial charge in [-0.1, -0.05) is 61.0 Å². The Bertz CT molecular complexity index is 1130. The van der Waals surface area contributed by atoms with Gasteiger partial charge in [-0.2, -0.15) is 0 Å². The number of aryl methyl sites for hydroxylation is 1. The molecule has 3 aromatic carbocycles. The lowest BCUT2D eigenvalue weighted by molar-refractivity contribution is -0.133. The SMILES string of the molecule is CCC(=O)N1CCc2ccc(OCC(=O)N(C)c3ccccc3)cc2[C@@H]1c1ccc(C)cc1. The number of anilines is 1. The van der Waals surface area contributed by atoms with Crippen molar-refractivity contribution >= 4 is 17.5 Å². The highest BCUT2D eigenvalue weighted by Crippen LogP contribution is 2.37. The normalized spacial score (nSPS) is 15.0. The molecule has 1 heterocycles. The molecule has 0 radical (unpaired) electrons. The van der Waals surface area contributed by atoms with Crippen LogP contribution in [0.15, 0.2) is 72.8 Å². The van der Waals surface area contributed by atoms with Crippen molar-refractivity contribution in [3.8, 4) is 5.75 Å². The van der Waals surface area contributed by atoms with Crippen LogP contribution in [0.2, 0.25) is 0 Å². The average Bonchev–Trinajstić information content (AvgIpc) is 2.86. The van der Waals surface area contributed by atoms with Gasteiger partial charge in [-0.05, 0) is 54.3 Å². The molecule has 1 aliphatic rings. The third kappa shape index (κ3) is 4.92. The van der Waals surface area contributed by atoms with E-state index in [0.717, 1.165) is 23.2 Å². The molecule has 0 N–H and O–H groups in total. The van der Waals surface area contributed by atoms with Crippen LogP contribution in [0.4, 0.5) is 5.69 Å². The van der Waals surface area contributed by atoms with E-state index in [0.29, 0.717) is 18.7 Å². The van der Waals surface area contributed by atoms with Gasteiger partial charge in [0, 0.05) is 25.7 Å². The minimum Gasteiger partial charge on any atom is -0.484 e. The number of rotatable bonds is 6. The molecule has 0 saturated heterocycles. The van der Waals surface area contributed by atoms with Crippen LogP contribution in [0.5, 0.6) is 5.75 Å². The van der Waals surface area contributed by atoms with Gasteiger partial charge in [0.1, 0.15) is 5.75 Å². The second-order valence-electron chi connectivity index (χ2n) is 8.44. The summed E-state index contributed by atoms with van der Waals surface area (Å²) in [6.45, 7) is 4.59. The van der Waals surface area contributed by atoms with E-state index in [4.69, 9.17) is 4.74 Å². The van der Waals surface area contributed by atoms with Gasteiger partial charge in [0.15, 0.2) is 6.61 Å². The minimum absolute atomic E-state index is 0.0585. The second kappa shape index (κ2) is 9.90. The first-order valence-electron chi connectivity index (χ1n) is 11.4. The smallest absolute Gasteiger partial charge is 0.264 e. The minimum atomic E-state index is -0.159. The van der Waals surface area contributed by atoms with Gasteiger partial charge in [-0.3, -0.25) is 9.59 Å². The van der Waals surface area contributed by atoms with Crippen molar-refractivity contribution in [1.82, 2.24) is 4.90 Å². The summed E-state index contributed by atoms with van der Waals surface area (Å²) in [5.74, 6) is 0.639. The molecule has 5 nitrogen and oxygen atoms in total. The molecule has 4 rings (SSSR count). The monoisotopic (exact) mass is 442 g/mol. The topological polar surface area (TPSA) is 49.9 Å². The Kier molecular flexibility index (Phi) is 6.78. The molecule has 1 atom stereocenters. The zero-order valence-electron chi connectivity index (χ0n) is 19.5. The molecule has 0 fully saturated rings. The Morgan fingerprint density at radius 1 is 1.03 bits per heavy atom. The van der Waals surface area contributed by atoms with E-state index in [9.17, 15) is 9.59 Å². The molecule has 0 unspecified atom stereocenters. The zero-order chi connectivity index (χ0) is 23.4. The Morgan fingerprint density at radius 3 is 2.45 bits per heavy atom. The first-order chi connectivity index (χ1) is 16.0. The van der Waals surface area contributed by atoms with Crippen molar-refractivity contribution in [3.63, 3.8) is 0 Å². The van der Waals surface area contributed by atoms with Crippen LogP contribution in [0.3, 0.4) is 0 Å². The number of carbonyl (C=O) groups is 2. The number of hydrogen-bond acceptors (Lipinski definition) is 3. The summed E-state index contributed by atoms with van der Waals surface area (Å²) in [4.78, 5) is 29.0. The van der Waals surface area contributed by atoms with E-state index in [-0.39, 0.29) is 24.5 Å². The fourth-order valence-electron chi connectivity index (χ4n) is 4.30. The van der Waals surface area contributed by atoms with E-state index in [1.54, 1.807) is 11.9 Å². The van der Waals surface area contributed by atoms with E-state index in [2.05, 4.69) is 37.3 Å². The highest BCUT2D eigenvalue weighted by Gasteiger charge is 2.31. The van der Waals surface area contributed by atoms with Crippen LogP contribution < -0.4 is 9.64 Å². The number of nitrogens with zero attached hydrogens (tertiary/aromatic N) is 2. The number of likely N-dealkylation sites (N-methyl/N-ethyl adjacent to an activating group) is 1. The molecule has 2 amide bonds. The predicted molar refractivity (Wildman–Crippen MR) is 131 cm³/mol. The Hall–Kier alpha value is -3.60. The lowest BCUT2D eigenvalue weighted by Gasteiger charge is -2.38. The van der Waals surface area contributed by atoms with Crippen LogP contribution >= 0.6 is 0 Å². The predicted octanol–water partition coefficient (Wildman–Crippen LogP) is 4.92. The summed E-state index contributed by atoms with van der Waals surface area (Å²) < 4.78 is 5.91. The Labute approximate surface area is 195 Å². The van der Waals surface area contributed by atoms with Crippen molar-refractivity contribution < 1.29 is 14.3 Å². The third-order valence-electron chi connectivity index (χ3n) is 6.24. The molecule has 0 spiro atoms. The molecule has 33 heavy (non-hydrogen) atoms. The molecule has 3 aromatic rings. The number of ether oxygens (including phenoxy) is 1. The molecule has 5 heteroatoms. The molecular formula is C28H30N2O3. The third-order valence-corrected chi connectivity index (χ3v) is 6.24. The number of benzene rings is 3. The summed E-state index contributed by atoms with van der Waals surface area (Å²) in [6, 6.07) is 23.7. The van der Waals surface area contributed by atoms with Crippen LogP contribution in [-0.4, -0.2) is 36.9 Å². The Morgan fingerprint density at radius 2 is 1.76 bits per heavy atom. The van der Waals surface area contributed by atoms with Crippen LogP contribution in [0.1, 0.15) is 41.6 Å². The maximum atomic E-state index is 12.8. The number of hydrogen-bond donors (Lipinski definition) is 0. The van der Waals surface area contributed by atoms with E-state index in [1.165, 1.54) is 11.1 Å². The largest absolute Gasteiger partial charge is 0.484 e. The van der Waals surface area contributed by atoms with Gasteiger partial charge in [-0.25, -0.2) is 0 Å². The molecular weight excluding hydrogens is 412 g/mol. The maximum absolute atomic E-state index is 12.8. The van der Waals surface area contributed by atoms with Crippen molar-refractivity contribution in [2.24, 2.45) is 0 Å². The molecule has 0 aromatic heterocycles. The summed E-state index contributed by atoms with van der Waals surface area (Å²) >= 11 is 0. The number of amides is 2. The summed E-state index contributed by atoms with van der Waals surface area (Å²) in [7, 11) is 1.75. The van der Waals surface area contributed by atoms with E-state index < -0.39 is 0 Å². The molecule has 0 bridgehead atoms. The molecule has 0 saturated carbocycles. The Balaban J connectivity index is 1.58. The molecule has 170 valence electrons. The highest BCUT2D eigenvalue weighted by atomic mass is 16.5. The maximum Gasteiger partial charge on any atom is 0.264 e. The first kappa shape index (κ1) is 22.6. The van der Waals surface area contributed by atoms with Gasteiger partial charge in [-0.15, -0.1) is 0 Å². The van der Waals surface area contributed by atoms with Crippen molar-refractivity contribution in [2.45, 2.75) is 32.7 Å². The summed E-state index contributed by atoms with van der Waals surface area (Å²) in [6.07, 6.45) is 1.27. The van der Waals surface area contributed by atoms with Crippen LogP contribution in [-0.2, 0) is 16.0 Å². The summed E-state index contributed by atoms with van der Waals surface area (Å²) in [5, 5.41) is 0. The van der Waals surface area contributed by atoms with Gasteiger partial charge in [0.2, 0.25) is 5.91 Å². The quantitative estimate of drug-likeness (QED) is 0.544. The highest BCUT2D eigenvalue weighted by molar-refractivity contribution is 5.93. The standard InChI is InChI=1S/C28H30N2O3/c1-4-26(31)30-17-16-21-14-15-24(18-25(21)28(30)22-12-10-20(2)11-13-22)33-19-27(32)29(3)23-8-6-5-7-9-23/h5-15,18,28H,4,16-17,19H2,1-3H3/t28-/m0/s1. The van der Waals surface area contributed by atoms with E-state index in [1.807, 2.05) is 54.3 Å². The van der Waals surface area contributed by atoms with Crippen molar-refractivity contribution in [1.29, 1.82) is 0 Å². The zero-order valence-corrected chi connectivity index (χ0v) is 19.5. The van der Waals surface area contributed by atoms with Crippen LogP contribution in [0, 0.1) is 6.92 Å². The number of para-hydroxylation sites is 1. The van der Waals surface area contributed by atoms with Gasteiger partial charge >= 0.3 is 0 Å². The lowest BCUT2D eigenvalue weighted by Crippen LogP contribution is -2.40. The summed E-state index contributed by atoms with van der Waals surface area (Å²) in [5.41, 5.74) is 5.36. The van der Waals surface area contributed by atoms with Gasteiger partial charge < -0.3 is 14.5 Å². The van der Waals surface area contributed by atoms with Gasteiger partial charge in [0.25, 0.3) is 5.91 Å². The van der Waals surface area contributed by atoms with Gasteiger partial charge in [0.05, 0.1) is 6.04 Å². The fraction of sp³-hybridized carbons (Fsp3) is 0.286. The first-order valence-corrected chi connectivity index (χ1v) is 11.4. The van der Waals surface area contributed by atoms with Crippen molar-refractivity contribution in [2.75, 3.05) is 25.1 Å². The number of carbonyl (C=O) groups excluding carboxylic acids is 2. The van der Waals surface area contributed by atoms with E-state index >= 15 is 0 Å². The molecule has 0 aliphatic carbocycles. The fourth-order valence-corrected chi connectivity index (χ4v) is 4.30. The lowest BCUT2D eigenvalue weighted by atomic mass is 9.87. The van der Waals surface area contributed by atoms with Crippen molar-refractivity contribution in [3.05, 3.63) is 95.1 Å². The average molecular weight is 443 g/mol. The second-order valence-corrected chi connectivity index (χ2v) is 8.44. The number of fused-ring (bicyclic) bond motifs is 1. The molecule has 1 aliphatic heterocycles. The van der Waals surface area contributed by atoms with Crippen LogP contribution in [0.25, 0.3) is 0 Å².